The first-order chi connectivity index (χ1) is 6.83. The number of aromatic nitrogens is 1. The summed E-state index contributed by atoms with van der Waals surface area (Å²) < 4.78 is 52.4. The quantitative estimate of drug-likeness (QED) is 0.470. The number of ether oxygens (including phenoxy) is 1. The Hall–Kier alpha value is -0.600. The van der Waals surface area contributed by atoms with Crippen molar-refractivity contribution >= 4 is 22.6 Å². The SMILES string of the molecule is Cc1cc(I)nc(CF)c1OC(F)(F)F. The number of hydrogen-bond acceptors (Lipinski definition) is 2. The zero-order chi connectivity index (χ0) is 11.6. The molecule has 2 nitrogen and oxygen atoms in total. The van der Waals surface area contributed by atoms with Gasteiger partial charge in [0, 0.05) is 0 Å². The normalized spacial score (nSPS) is 11.6. The Balaban J connectivity index is 3.15. The summed E-state index contributed by atoms with van der Waals surface area (Å²) in [4.78, 5) is 3.62. The van der Waals surface area contributed by atoms with E-state index in [-0.39, 0.29) is 11.3 Å². The molecule has 1 aromatic heterocycles. The number of rotatable bonds is 2. The van der Waals surface area contributed by atoms with E-state index >= 15 is 0 Å². The van der Waals surface area contributed by atoms with Gasteiger partial charge in [-0.1, -0.05) is 0 Å². The van der Waals surface area contributed by atoms with Crippen LogP contribution in [0, 0.1) is 10.6 Å². The van der Waals surface area contributed by atoms with E-state index in [0.717, 1.165) is 0 Å². The van der Waals surface area contributed by atoms with Crippen molar-refractivity contribution in [3.63, 3.8) is 0 Å². The fraction of sp³-hybridized carbons (Fsp3) is 0.375. The van der Waals surface area contributed by atoms with E-state index < -0.39 is 18.8 Å². The van der Waals surface area contributed by atoms with Crippen molar-refractivity contribution in [2.45, 2.75) is 20.0 Å². The van der Waals surface area contributed by atoms with E-state index in [0.29, 0.717) is 3.70 Å². The summed E-state index contributed by atoms with van der Waals surface area (Å²) in [7, 11) is 0. The van der Waals surface area contributed by atoms with Gasteiger partial charge in [-0.2, -0.15) is 0 Å². The highest BCUT2D eigenvalue weighted by Crippen LogP contribution is 2.30. The van der Waals surface area contributed by atoms with Crippen molar-refractivity contribution in [3.8, 4) is 5.75 Å². The molecule has 0 fully saturated rings. The molecule has 0 saturated carbocycles. The molecular weight excluding hydrogens is 329 g/mol. The predicted molar refractivity (Wildman–Crippen MR) is 53.2 cm³/mol. The van der Waals surface area contributed by atoms with Gasteiger partial charge in [0.1, 0.15) is 16.1 Å². The monoisotopic (exact) mass is 335 g/mol. The van der Waals surface area contributed by atoms with Crippen LogP contribution in [0.25, 0.3) is 0 Å². The van der Waals surface area contributed by atoms with Crippen molar-refractivity contribution in [1.29, 1.82) is 0 Å². The van der Waals surface area contributed by atoms with Gasteiger partial charge in [-0.3, -0.25) is 0 Å². The molecule has 0 atom stereocenters. The lowest BCUT2D eigenvalue weighted by atomic mass is 10.2. The molecule has 0 aromatic carbocycles. The third-order valence-electron chi connectivity index (χ3n) is 1.54. The van der Waals surface area contributed by atoms with Crippen LogP contribution in [-0.4, -0.2) is 11.3 Å². The van der Waals surface area contributed by atoms with Crippen molar-refractivity contribution in [2.75, 3.05) is 0 Å². The zero-order valence-corrected chi connectivity index (χ0v) is 9.69. The first-order valence-electron chi connectivity index (χ1n) is 3.81. The summed E-state index contributed by atoms with van der Waals surface area (Å²) in [6.07, 6.45) is -4.83. The van der Waals surface area contributed by atoms with Gasteiger partial charge in [0.15, 0.2) is 5.75 Å². The first-order valence-corrected chi connectivity index (χ1v) is 4.89. The number of halogens is 5. The van der Waals surface area contributed by atoms with Crippen LogP contribution in [0.3, 0.4) is 0 Å². The molecule has 0 unspecified atom stereocenters. The molecule has 0 aliphatic rings. The average molecular weight is 335 g/mol. The van der Waals surface area contributed by atoms with Crippen molar-refractivity contribution in [2.24, 2.45) is 0 Å². The maximum Gasteiger partial charge on any atom is 0.573 e. The smallest absolute Gasteiger partial charge is 0.403 e. The minimum Gasteiger partial charge on any atom is -0.403 e. The van der Waals surface area contributed by atoms with E-state index in [4.69, 9.17) is 0 Å². The van der Waals surface area contributed by atoms with Gasteiger partial charge in [-0.25, -0.2) is 9.37 Å². The van der Waals surface area contributed by atoms with Crippen LogP contribution < -0.4 is 4.74 Å². The molecule has 1 aromatic rings. The summed E-state index contributed by atoms with van der Waals surface area (Å²) in [6.45, 7) is 0.313. The molecule has 1 heterocycles. The number of nitrogens with zero attached hydrogens (tertiary/aromatic N) is 1. The van der Waals surface area contributed by atoms with Crippen LogP contribution in [0.2, 0.25) is 0 Å². The second-order valence-corrected chi connectivity index (χ2v) is 3.82. The lowest BCUT2D eigenvalue weighted by Crippen LogP contribution is -2.19. The van der Waals surface area contributed by atoms with Gasteiger partial charge in [0.2, 0.25) is 0 Å². The van der Waals surface area contributed by atoms with Crippen molar-refractivity contribution in [3.05, 3.63) is 21.0 Å². The van der Waals surface area contributed by atoms with Crippen LogP contribution in [-0.2, 0) is 6.67 Å². The summed E-state index contributed by atoms with van der Waals surface area (Å²) in [5, 5.41) is 0. The topological polar surface area (TPSA) is 22.1 Å². The average Bonchev–Trinajstić information content (AvgIpc) is 2.07. The van der Waals surface area contributed by atoms with Gasteiger partial charge < -0.3 is 4.74 Å². The number of aryl methyl sites for hydroxylation is 1. The van der Waals surface area contributed by atoms with Crippen LogP contribution in [0.15, 0.2) is 6.07 Å². The lowest BCUT2D eigenvalue weighted by molar-refractivity contribution is -0.275. The molecule has 0 bridgehead atoms. The Morgan fingerprint density at radius 2 is 2.07 bits per heavy atom. The van der Waals surface area contributed by atoms with Crippen LogP contribution in [0.5, 0.6) is 5.75 Å². The number of hydrogen-bond donors (Lipinski definition) is 0. The van der Waals surface area contributed by atoms with Gasteiger partial charge >= 0.3 is 6.36 Å². The summed E-state index contributed by atoms with van der Waals surface area (Å²) >= 11 is 1.79. The van der Waals surface area contributed by atoms with E-state index in [2.05, 4.69) is 9.72 Å². The maximum absolute atomic E-state index is 12.4. The molecule has 0 aliphatic heterocycles. The fourth-order valence-electron chi connectivity index (χ4n) is 1.03. The fourth-order valence-corrected chi connectivity index (χ4v) is 1.79. The van der Waals surface area contributed by atoms with E-state index in [9.17, 15) is 17.6 Å². The molecule has 0 amide bonds. The second-order valence-electron chi connectivity index (χ2n) is 2.72. The molecule has 0 aliphatic carbocycles. The Kier molecular flexibility index (Phi) is 3.74. The van der Waals surface area contributed by atoms with Gasteiger partial charge in [-0.15, -0.1) is 13.2 Å². The Morgan fingerprint density at radius 1 is 1.47 bits per heavy atom. The highest BCUT2D eigenvalue weighted by Gasteiger charge is 2.33. The molecule has 0 spiro atoms. The zero-order valence-electron chi connectivity index (χ0n) is 7.53. The largest absolute Gasteiger partial charge is 0.573 e. The molecule has 15 heavy (non-hydrogen) atoms. The minimum absolute atomic E-state index is 0.208. The Labute approximate surface area is 96.8 Å². The molecule has 0 N–H and O–H groups in total. The van der Waals surface area contributed by atoms with Gasteiger partial charge in [0.05, 0.1) is 0 Å². The molecule has 0 radical (unpaired) electrons. The standard InChI is InChI=1S/C8H6F4INO/c1-4-2-6(13)14-5(3-9)7(4)15-8(10,11)12/h2H,3H2,1H3. The summed E-state index contributed by atoms with van der Waals surface area (Å²) in [5.74, 6) is -0.551. The summed E-state index contributed by atoms with van der Waals surface area (Å²) in [5.41, 5.74) is -0.129. The Bertz CT molecular complexity index is 366. The maximum atomic E-state index is 12.4. The molecule has 7 heteroatoms. The number of alkyl halides is 4. The van der Waals surface area contributed by atoms with E-state index in [1.807, 2.05) is 0 Å². The third-order valence-corrected chi connectivity index (χ3v) is 2.09. The summed E-state index contributed by atoms with van der Waals surface area (Å²) in [6, 6.07) is 1.39. The predicted octanol–water partition coefficient (Wildman–Crippen LogP) is 3.36. The highest BCUT2D eigenvalue weighted by molar-refractivity contribution is 14.1. The molecular formula is C8H6F4INO. The second kappa shape index (κ2) is 4.50. The van der Waals surface area contributed by atoms with Crippen LogP contribution in [0.4, 0.5) is 17.6 Å². The molecule has 0 saturated heterocycles. The van der Waals surface area contributed by atoms with Crippen LogP contribution in [0.1, 0.15) is 11.3 Å². The molecule has 84 valence electrons. The number of pyridine rings is 1. The van der Waals surface area contributed by atoms with E-state index in [1.165, 1.54) is 13.0 Å². The first kappa shape index (κ1) is 12.5. The van der Waals surface area contributed by atoms with Crippen molar-refractivity contribution in [1.82, 2.24) is 4.98 Å². The van der Waals surface area contributed by atoms with E-state index in [1.54, 1.807) is 22.6 Å². The van der Waals surface area contributed by atoms with Gasteiger partial charge in [-0.05, 0) is 41.1 Å². The van der Waals surface area contributed by atoms with Crippen LogP contribution >= 0.6 is 22.6 Å². The Morgan fingerprint density at radius 3 is 2.53 bits per heavy atom. The lowest BCUT2D eigenvalue weighted by Gasteiger charge is -2.13. The minimum atomic E-state index is -4.83. The molecule has 1 rings (SSSR count). The third kappa shape index (κ3) is 3.47. The van der Waals surface area contributed by atoms with Crippen molar-refractivity contribution < 1.29 is 22.3 Å². The van der Waals surface area contributed by atoms with Gasteiger partial charge in [0.25, 0.3) is 0 Å². The highest BCUT2D eigenvalue weighted by atomic mass is 127.